The molecule has 6 nitrogen and oxygen atoms in total. The van der Waals surface area contributed by atoms with E-state index in [4.69, 9.17) is 17.3 Å². The van der Waals surface area contributed by atoms with Gasteiger partial charge in [-0.25, -0.2) is 4.68 Å². The largest absolute Gasteiger partial charge is 0.366 e. The van der Waals surface area contributed by atoms with Crippen molar-refractivity contribution in [1.82, 2.24) is 14.9 Å². The Kier molecular flexibility index (Phi) is 3.90. The molecule has 0 radical (unpaired) electrons. The van der Waals surface area contributed by atoms with Crippen molar-refractivity contribution < 1.29 is 0 Å². The number of hydrogen-bond acceptors (Lipinski definition) is 5. The Balaban J connectivity index is 2.62. The minimum Gasteiger partial charge on any atom is -0.366 e. The highest BCUT2D eigenvalue weighted by Gasteiger charge is 2.14. The van der Waals surface area contributed by atoms with Gasteiger partial charge in [-0.2, -0.15) is 0 Å². The van der Waals surface area contributed by atoms with Crippen LogP contribution in [-0.4, -0.2) is 21.4 Å². The molecule has 0 bridgehead atoms. The van der Waals surface area contributed by atoms with Crippen LogP contribution in [0.5, 0.6) is 0 Å². The van der Waals surface area contributed by atoms with Crippen LogP contribution in [0.1, 0.15) is 26.1 Å². The third-order valence-corrected chi connectivity index (χ3v) is 2.40. The maximum atomic E-state index is 5.70. The van der Waals surface area contributed by atoms with Gasteiger partial charge in [0.2, 0.25) is 5.95 Å². The average Bonchev–Trinajstić information content (AvgIpc) is 2.48. The normalized spacial score (nSPS) is 13.3. The summed E-state index contributed by atoms with van der Waals surface area (Å²) < 4.78 is 1.32. The van der Waals surface area contributed by atoms with Crippen molar-refractivity contribution in [3.8, 4) is 0 Å². The summed E-state index contributed by atoms with van der Waals surface area (Å²) in [4.78, 5) is 0. The van der Waals surface area contributed by atoms with Crippen LogP contribution in [0.2, 0.25) is 0 Å². The average molecular weight is 212 g/mol. The molecule has 1 aromatic heterocycles. The lowest BCUT2D eigenvalue weighted by molar-refractivity contribution is 0.406. The summed E-state index contributed by atoms with van der Waals surface area (Å²) in [6.45, 7) is 4.97. The number of rotatable bonds is 5. The molecule has 6 heteroatoms. The number of nitrogens with zero attached hydrogens (tertiary/aromatic N) is 3. The lowest BCUT2D eigenvalue weighted by Crippen LogP contribution is -2.23. The van der Waals surface area contributed by atoms with E-state index in [-0.39, 0.29) is 5.95 Å². The van der Waals surface area contributed by atoms with Gasteiger partial charge >= 0.3 is 0 Å². The van der Waals surface area contributed by atoms with Crippen molar-refractivity contribution in [2.24, 2.45) is 17.6 Å². The first-order valence-corrected chi connectivity index (χ1v) is 5.19. The van der Waals surface area contributed by atoms with Crippen LogP contribution in [0.3, 0.4) is 0 Å². The van der Waals surface area contributed by atoms with Gasteiger partial charge in [0.15, 0.2) is 5.82 Å². The highest BCUT2D eigenvalue weighted by molar-refractivity contribution is 5.17. The molecule has 0 aliphatic rings. The zero-order valence-corrected chi connectivity index (χ0v) is 9.35. The highest BCUT2D eigenvalue weighted by Crippen LogP contribution is 2.15. The minimum atomic E-state index is 0.241. The molecular weight excluding hydrogens is 192 g/mol. The Hall–Kier alpha value is -1.30. The zero-order chi connectivity index (χ0) is 11.4. The quantitative estimate of drug-likeness (QED) is 0.582. The SMILES string of the molecule is CC(C)CC(CN)Cc1nnc(N)n1N. The molecule has 0 fully saturated rings. The molecule has 1 atom stereocenters. The van der Waals surface area contributed by atoms with Crippen LogP contribution < -0.4 is 17.3 Å². The van der Waals surface area contributed by atoms with Gasteiger partial charge in [0.1, 0.15) is 0 Å². The number of anilines is 1. The van der Waals surface area contributed by atoms with Gasteiger partial charge < -0.3 is 17.3 Å². The Morgan fingerprint density at radius 1 is 1.33 bits per heavy atom. The van der Waals surface area contributed by atoms with Gasteiger partial charge in [-0.15, -0.1) is 10.2 Å². The van der Waals surface area contributed by atoms with Gasteiger partial charge in [0.05, 0.1) is 0 Å². The van der Waals surface area contributed by atoms with Crippen LogP contribution in [0.25, 0.3) is 0 Å². The lowest BCUT2D eigenvalue weighted by atomic mass is 9.94. The third-order valence-electron chi connectivity index (χ3n) is 2.40. The van der Waals surface area contributed by atoms with Gasteiger partial charge in [0, 0.05) is 6.42 Å². The smallest absolute Gasteiger partial charge is 0.240 e. The predicted molar refractivity (Wildman–Crippen MR) is 60.3 cm³/mol. The van der Waals surface area contributed by atoms with E-state index in [0.717, 1.165) is 12.8 Å². The predicted octanol–water partition coefficient (Wildman–Crippen LogP) is -0.262. The van der Waals surface area contributed by atoms with E-state index in [1.54, 1.807) is 0 Å². The topological polar surface area (TPSA) is 109 Å². The highest BCUT2D eigenvalue weighted by atomic mass is 15.4. The van der Waals surface area contributed by atoms with Crippen molar-refractivity contribution in [1.29, 1.82) is 0 Å². The van der Waals surface area contributed by atoms with Crippen molar-refractivity contribution >= 4 is 5.95 Å². The molecule has 1 heterocycles. The molecule has 6 N–H and O–H groups in total. The summed E-state index contributed by atoms with van der Waals surface area (Å²) in [6, 6.07) is 0. The molecule has 0 saturated heterocycles. The molecule has 0 aromatic carbocycles. The van der Waals surface area contributed by atoms with Gasteiger partial charge in [-0.3, -0.25) is 0 Å². The third kappa shape index (κ3) is 3.09. The maximum Gasteiger partial charge on any atom is 0.240 e. The zero-order valence-electron chi connectivity index (χ0n) is 9.35. The van der Waals surface area contributed by atoms with E-state index in [1.165, 1.54) is 4.68 Å². The first kappa shape index (κ1) is 11.8. The van der Waals surface area contributed by atoms with Gasteiger partial charge in [0.25, 0.3) is 0 Å². The van der Waals surface area contributed by atoms with Crippen LogP contribution in [0.15, 0.2) is 0 Å². The monoisotopic (exact) mass is 212 g/mol. The second-order valence-corrected chi connectivity index (χ2v) is 4.28. The second kappa shape index (κ2) is 4.97. The summed E-state index contributed by atoms with van der Waals surface area (Å²) in [7, 11) is 0. The number of nitrogens with two attached hydrogens (primary N) is 3. The molecule has 1 unspecified atom stereocenters. The Labute approximate surface area is 89.8 Å². The van der Waals surface area contributed by atoms with Crippen molar-refractivity contribution in [3.05, 3.63) is 5.82 Å². The lowest BCUT2D eigenvalue weighted by Gasteiger charge is -2.15. The summed E-state index contributed by atoms with van der Waals surface area (Å²) in [6.07, 6.45) is 1.79. The van der Waals surface area contributed by atoms with E-state index in [0.29, 0.717) is 24.2 Å². The molecule has 0 amide bonds. The van der Waals surface area contributed by atoms with Crippen molar-refractivity contribution in [2.75, 3.05) is 18.1 Å². The fourth-order valence-electron chi connectivity index (χ4n) is 1.66. The van der Waals surface area contributed by atoms with E-state index in [2.05, 4.69) is 24.0 Å². The molecule has 15 heavy (non-hydrogen) atoms. The minimum absolute atomic E-state index is 0.241. The van der Waals surface area contributed by atoms with Gasteiger partial charge in [-0.1, -0.05) is 13.8 Å². The van der Waals surface area contributed by atoms with E-state index in [1.807, 2.05) is 0 Å². The van der Waals surface area contributed by atoms with Crippen LogP contribution in [0, 0.1) is 11.8 Å². The molecular formula is C9H20N6. The van der Waals surface area contributed by atoms with E-state index < -0.39 is 0 Å². The molecule has 0 aliphatic carbocycles. The fourth-order valence-corrected chi connectivity index (χ4v) is 1.66. The van der Waals surface area contributed by atoms with Crippen LogP contribution >= 0.6 is 0 Å². The molecule has 0 saturated carbocycles. The fraction of sp³-hybridized carbons (Fsp3) is 0.778. The summed E-state index contributed by atoms with van der Waals surface area (Å²) in [5.41, 5.74) is 11.2. The molecule has 1 rings (SSSR count). The van der Waals surface area contributed by atoms with Crippen LogP contribution in [-0.2, 0) is 6.42 Å². The molecule has 1 aromatic rings. The van der Waals surface area contributed by atoms with E-state index in [9.17, 15) is 0 Å². The van der Waals surface area contributed by atoms with Gasteiger partial charge in [-0.05, 0) is 24.8 Å². The first-order valence-electron chi connectivity index (χ1n) is 5.19. The standard InChI is InChI=1S/C9H20N6/c1-6(2)3-7(5-10)4-8-13-14-9(11)15(8)12/h6-7H,3-5,10,12H2,1-2H3,(H2,11,14). The van der Waals surface area contributed by atoms with Crippen molar-refractivity contribution in [3.63, 3.8) is 0 Å². The second-order valence-electron chi connectivity index (χ2n) is 4.28. The Morgan fingerprint density at radius 3 is 2.40 bits per heavy atom. The number of aromatic nitrogens is 3. The molecule has 0 spiro atoms. The summed E-state index contributed by atoms with van der Waals surface area (Å²) in [5, 5.41) is 7.63. The maximum absolute atomic E-state index is 5.70. The molecule has 86 valence electrons. The molecule has 0 aliphatic heterocycles. The number of hydrogen-bond donors (Lipinski definition) is 3. The number of nitrogen functional groups attached to an aromatic ring is 2. The Bertz CT molecular complexity index is 306. The van der Waals surface area contributed by atoms with E-state index >= 15 is 0 Å². The first-order chi connectivity index (χ1) is 7.04. The van der Waals surface area contributed by atoms with Crippen LogP contribution in [0.4, 0.5) is 5.95 Å². The summed E-state index contributed by atoms with van der Waals surface area (Å²) in [5.74, 6) is 7.60. The summed E-state index contributed by atoms with van der Waals surface area (Å²) >= 11 is 0. The van der Waals surface area contributed by atoms with Crippen molar-refractivity contribution in [2.45, 2.75) is 26.7 Å². The Morgan fingerprint density at radius 2 is 2.00 bits per heavy atom.